The lowest BCUT2D eigenvalue weighted by atomic mass is 10.2. The first-order chi connectivity index (χ1) is 14.8. The second-order valence-electron chi connectivity index (χ2n) is 6.34. The molecule has 0 saturated heterocycles. The number of nitrogens with zero attached hydrogens (tertiary/aromatic N) is 3. The highest BCUT2D eigenvalue weighted by atomic mass is 16.5. The second-order valence-corrected chi connectivity index (χ2v) is 6.34. The van der Waals surface area contributed by atoms with Crippen LogP contribution in [0.4, 0.5) is 0 Å². The molecule has 4 rings (SSSR count). The fourth-order valence-electron chi connectivity index (χ4n) is 2.66. The summed E-state index contributed by atoms with van der Waals surface area (Å²) in [6, 6.07) is 26.6. The van der Waals surface area contributed by atoms with Gasteiger partial charge in [-0.15, -0.1) is 0 Å². The second kappa shape index (κ2) is 9.29. The summed E-state index contributed by atoms with van der Waals surface area (Å²) in [4.78, 5) is 16.2. The van der Waals surface area contributed by atoms with E-state index in [9.17, 15) is 4.79 Å². The Kier molecular flexibility index (Phi) is 5.91. The third-order valence-corrected chi connectivity index (χ3v) is 4.14. The van der Waals surface area contributed by atoms with Gasteiger partial charge in [0.1, 0.15) is 12.4 Å². The summed E-state index contributed by atoms with van der Waals surface area (Å²) in [5.41, 5.74) is 5.00. The molecule has 0 aliphatic rings. The van der Waals surface area contributed by atoms with E-state index < -0.39 is 5.91 Å². The molecule has 0 fully saturated rings. The highest BCUT2D eigenvalue weighted by Gasteiger charge is 2.15. The van der Waals surface area contributed by atoms with E-state index in [1.165, 1.54) is 6.21 Å². The average molecular weight is 398 g/mol. The van der Waals surface area contributed by atoms with Crippen molar-refractivity contribution in [3.05, 3.63) is 102 Å². The third-order valence-electron chi connectivity index (χ3n) is 4.14. The molecule has 0 aliphatic carbocycles. The number of ether oxygens (including phenoxy) is 1. The van der Waals surface area contributed by atoms with Crippen LogP contribution in [0.15, 0.2) is 94.6 Å². The summed E-state index contributed by atoms with van der Waals surface area (Å²) in [5, 5.41) is 7.77. The van der Waals surface area contributed by atoms with Crippen LogP contribution in [-0.4, -0.2) is 22.3 Å². The van der Waals surface area contributed by atoms with Crippen LogP contribution < -0.4 is 10.2 Å². The predicted molar refractivity (Wildman–Crippen MR) is 112 cm³/mol. The van der Waals surface area contributed by atoms with Gasteiger partial charge in [-0.2, -0.15) is 10.1 Å². The summed E-state index contributed by atoms with van der Waals surface area (Å²) >= 11 is 0. The molecule has 0 radical (unpaired) electrons. The first-order valence-corrected chi connectivity index (χ1v) is 9.27. The molecule has 0 saturated carbocycles. The third kappa shape index (κ3) is 4.96. The quantitative estimate of drug-likeness (QED) is 0.374. The van der Waals surface area contributed by atoms with Crippen molar-refractivity contribution in [1.29, 1.82) is 0 Å². The predicted octanol–water partition coefficient (Wildman–Crippen LogP) is 4.08. The van der Waals surface area contributed by atoms with Gasteiger partial charge in [0.25, 0.3) is 0 Å². The van der Waals surface area contributed by atoms with Crippen molar-refractivity contribution >= 4 is 12.1 Å². The molecule has 0 bridgehead atoms. The van der Waals surface area contributed by atoms with E-state index in [-0.39, 0.29) is 5.89 Å². The molecule has 0 aliphatic heterocycles. The molecule has 7 nitrogen and oxygen atoms in total. The summed E-state index contributed by atoms with van der Waals surface area (Å²) in [6.45, 7) is 0.471. The molecule has 0 unspecified atom stereocenters. The van der Waals surface area contributed by atoms with Crippen molar-refractivity contribution in [2.75, 3.05) is 0 Å². The van der Waals surface area contributed by atoms with E-state index in [4.69, 9.17) is 9.26 Å². The minimum atomic E-state index is -0.586. The van der Waals surface area contributed by atoms with Gasteiger partial charge in [-0.3, -0.25) is 4.79 Å². The summed E-state index contributed by atoms with van der Waals surface area (Å²) < 4.78 is 10.8. The maximum absolute atomic E-state index is 12.2. The molecular weight excluding hydrogens is 380 g/mol. The Morgan fingerprint density at radius 3 is 2.57 bits per heavy atom. The Bertz CT molecular complexity index is 1140. The van der Waals surface area contributed by atoms with Crippen LogP contribution in [0, 0.1) is 0 Å². The summed E-state index contributed by atoms with van der Waals surface area (Å²) in [7, 11) is 0. The normalized spacial score (nSPS) is 10.8. The number of rotatable bonds is 7. The van der Waals surface area contributed by atoms with Crippen LogP contribution in [0.1, 0.15) is 21.8 Å². The van der Waals surface area contributed by atoms with Crippen molar-refractivity contribution in [3.63, 3.8) is 0 Å². The van der Waals surface area contributed by atoms with Crippen LogP contribution in [0.2, 0.25) is 0 Å². The van der Waals surface area contributed by atoms with Gasteiger partial charge in [-0.25, -0.2) is 5.43 Å². The van der Waals surface area contributed by atoms with Gasteiger partial charge in [0.05, 0.1) is 6.21 Å². The molecule has 1 N–H and O–H groups in total. The lowest BCUT2D eigenvalue weighted by molar-refractivity contribution is 0.0911. The number of hydrogen-bond acceptors (Lipinski definition) is 6. The van der Waals surface area contributed by atoms with Gasteiger partial charge in [-0.05, 0) is 23.3 Å². The lowest BCUT2D eigenvalue weighted by Gasteiger charge is -2.06. The molecule has 1 amide bonds. The highest BCUT2D eigenvalue weighted by Crippen LogP contribution is 2.15. The smallest absolute Gasteiger partial charge is 0.329 e. The molecule has 7 heteroatoms. The molecule has 1 aromatic heterocycles. The van der Waals surface area contributed by atoms with Crippen LogP contribution in [0.5, 0.6) is 5.75 Å². The van der Waals surface area contributed by atoms with Crippen LogP contribution in [0.3, 0.4) is 0 Å². The lowest BCUT2D eigenvalue weighted by Crippen LogP contribution is -2.18. The molecule has 0 atom stereocenters. The average Bonchev–Trinajstić information content (AvgIpc) is 3.30. The number of hydrogen-bond donors (Lipinski definition) is 1. The Morgan fingerprint density at radius 2 is 1.77 bits per heavy atom. The summed E-state index contributed by atoms with van der Waals surface area (Å²) in [6.07, 6.45) is 1.52. The van der Waals surface area contributed by atoms with E-state index >= 15 is 0 Å². The number of hydrazone groups is 1. The minimum Gasteiger partial charge on any atom is -0.489 e. The zero-order valence-corrected chi connectivity index (χ0v) is 15.9. The Hall–Kier alpha value is -4.26. The molecule has 30 heavy (non-hydrogen) atoms. The van der Waals surface area contributed by atoms with Crippen LogP contribution >= 0.6 is 0 Å². The first-order valence-electron chi connectivity index (χ1n) is 9.27. The zero-order valence-electron chi connectivity index (χ0n) is 15.9. The van der Waals surface area contributed by atoms with Gasteiger partial charge >= 0.3 is 11.8 Å². The zero-order chi connectivity index (χ0) is 20.6. The van der Waals surface area contributed by atoms with Gasteiger partial charge in [-0.1, -0.05) is 78.0 Å². The fourth-order valence-corrected chi connectivity index (χ4v) is 2.66. The van der Waals surface area contributed by atoms with Crippen LogP contribution in [-0.2, 0) is 6.61 Å². The van der Waals surface area contributed by atoms with Crippen molar-refractivity contribution in [2.45, 2.75) is 6.61 Å². The van der Waals surface area contributed by atoms with E-state index in [1.54, 1.807) is 0 Å². The van der Waals surface area contributed by atoms with Crippen LogP contribution in [0.25, 0.3) is 11.4 Å². The number of nitrogens with one attached hydrogen (secondary N) is 1. The standard InChI is InChI=1S/C23H18N4O3/c28-22(23-25-21(27-30-23)19-11-5-2-6-12-19)26-24-15-18-10-7-13-20(14-18)29-16-17-8-3-1-4-9-17/h1-15H,16H2,(H,26,28)/b24-15+. The fraction of sp³-hybridized carbons (Fsp3) is 0.0435. The minimum absolute atomic E-state index is 0.161. The molecule has 0 spiro atoms. The maximum atomic E-state index is 12.2. The Morgan fingerprint density at radius 1 is 1.00 bits per heavy atom. The number of benzene rings is 3. The van der Waals surface area contributed by atoms with Crippen molar-refractivity contribution < 1.29 is 14.1 Å². The Labute approximate surface area is 173 Å². The van der Waals surface area contributed by atoms with E-state index in [0.29, 0.717) is 18.2 Å². The SMILES string of the molecule is O=C(N/N=C/c1cccc(OCc2ccccc2)c1)c1nc(-c2ccccc2)no1. The van der Waals surface area contributed by atoms with Crippen molar-refractivity contribution in [2.24, 2.45) is 5.10 Å². The maximum Gasteiger partial charge on any atom is 0.329 e. The van der Waals surface area contributed by atoms with E-state index in [0.717, 1.165) is 16.7 Å². The number of amides is 1. The molecular formula is C23H18N4O3. The topological polar surface area (TPSA) is 89.6 Å². The highest BCUT2D eigenvalue weighted by molar-refractivity contribution is 5.91. The molecule has 4 aromatic rings. The first kappa shape index (κ1) is 19.1. The van der Waals surface area contributed by atoms with Gasteiger partial charge in [0, 0.05) is 5.56 Å². The number of carbonyl (C=O) groups excluding carboxylic acids is 1. The van der Waals surface area contributed by atoms with Crippen molar-refractivity contribution in [1.82, 2.24) is 15.6 Å². The van der Waals surface area contributed by atoms with Gasteiger partial charge < -0.3 is 9.26 Å². The molecule has 3 aromatic carbocycles. The number of aromatic nitrogens is 2. The Balaban J connectivity index is 1.34. The molecule has 148 valence electrons. The van der Waals surface area contributed by atoms with Gasteiger partial charge in [0.15, 0.2) is 0 Å². The van der Waals surface area contributed by atoms with E-state index in [2.05, 4.69) is 20.7 Å². The van der Waals surface area contributed by atoms with Gasteiger partial charge in [0.2, 0.25) is 5.82 Å². The summed E-state index contributed by atoms with van der Waals surface area (Å²) in [5.74, 6) is 0.301. The van der Waals surface area contributed by atoms with E-state index in [1.807, 2.05) is 84.9 Å². The van der Waals surface area contributed by atoms with Crippen molar-refractivity contribution in [3.8, 4) is 17.1 Å². The largest absolute Gasteiger partial charge is 0.489 e. The number of carbonyl (C=O) groups is 1. The monoisotopic (exact) mass is 398 g/mol. The molecule has 1 heterocycles.